The van der Waals surface area contributed by atoms with Gasteiger partial charge in [-0.05, 0) is 66.7 Å². The van der Waals surface area contributed by atoms with E-state index in [-0.39, 0.29) is 5.91 Å². The molecule has 0 saturated heterocycles. The van der Waals surface area contributed by atoms with Gasteiger partial charge in [0.25, 0.3) is 0 Å². The number of aromatic nitrogens is 1. The zero-order valence-electron chi connectivity index (χ0n) is 14.5. The monoisotopic (exact) mass is 428 g/mol. The van der Waals surface area contributed by atoms with Gasteiger partial charge in [-0.3, -0.25) is 4.79 Å². The van der Waals surface area contributed by atoms with Gasteiger partial charge in [0.2, 0.25) is 11.8 Å². The third-order valence-electron chi connectivity index (χ3n) is 3.95. The molecule has 0 aliphatic carbocycles. The SMILES string of the molecule is O=C(CSc1ccc(Cl)cc1)Nc1ccc(-c2nc3cc(Cl)ccc3o2)cc1. The number of hydrogen-bond donors (Lipinski definition) is 1. The molecule has 0 aliphatic rings. The fourth-order valence-corrected chi connectivity index (χ4v) is 3.59. The minimum Gasteiger partial charge on any atom is -0.436 e. The third kappa shape index (κ3) is 4.50. The maximum absolute atomic E-state index is 12.2. The zero-order chi connectivity index (χ0) is 19.5. The highest BCUT2D eigenvalue weighted by Crippen LogP contribution is 2.27. The number of halogens is 2. The van der Waals surface area contributed by atoms with Gasteiger partial charge in [0.05, 0.1) is 5.75 Å². The van der Waals surface area contributed by atoms with Gasteiger partial charge in [0, 0.05) is 26.2 Å². The van der Waals surface area contributed by atoms with Gasteiger partial charge < -0.3 is 9.73 Å². The Labute approximate surface area is 175 Å². The number of rotatable bonds is 5. The van der Waals surface area contributed by atoms with E-state index in [1.54, 1.807) is 30.3 Å². The quantitative estimate of drug-likeness (QED) is 0.367. The number of amides is 1. The van der Waals surface area contributed by atoms with E-state index < -0.39 is 0 Å². The first kappa shape index (κ1) is 18.9. The largest absolute Gasteiger partial charge is 0.436 e. The number of nitrogens with one attached hydrogen (secondary N) is 1. The van der Waals surface area contributed by atoms with Gasteiger partial charge in [0.15, 0.2) is 5.58 Å². The van der Waals surface area contributed by atoms with Gasteiger partial charge in [-0.2, -0.15) is 0 Å². The van der Waals surface area contributed by atoms with Crippen LogP contribution in [0.5, 0.6) is 0 Å². The summed E-state index contributed by atoms with van der Waals surface area (Å²) >= 11 is 13.3. The van der Waals surface area contributed by atoms with Crippen LogP contribution in [0.2, 0.25) is 10.0 Å². The van der Waals surface area contributed by atoms with Crippen LogP contribution in [0.15, 0.2) is 76.0 Å². The fraction of sp³-hybridized carbons (Fsp3) is 0.0476. The fourth-order valence-electron chi connectivity index (χ4n) is 2.60. The van der Waals surface area contributed by atoms with Crippen molar-refractivity contribution in [3.63, 3.8) is 0 Å². The van der Waals surface area contributed by atoms with Crippen molar-refractivity contribution in [1.82, 2.24) is 4.98 Å². The molecule has 0 unspecified atom stereocenters. The highest BCUT2D eigenvalue weighted by Gasteiger charge is 2.09. The molecule has 4 aromatic rings. The molecular weight excluding hydrogens is 415 g/mol. The van der Waals surface area contributed by atoms with Crippen LogP contribution in [0.1, 0.15) is 0 Å². The second-order valence-corrected chi connectivity index (χ2v) is 7.92. The third-order valence-corrected chi connectivity index (χ3v) is 5.45. The number of carbonyl (C=O) groups excluding carboxylic acids is 1. The average Bonchev–Trinajstić information content (AvgIpc) is 3.11. The van der Waals surface area contributed by atoms with Crippen molar-refractivity contribution in [3.8, 4) is 11.5 Å². The topological polar surface area (TPSA) is 55.1 Å². The first-order valence-corrected chi connectivity index (χ1v) is 10.2. The van der Waals surface area contributed by atoms with Crippen LogP contribution in [0.3, 0.4) is 0 Å². The Bertz CT molecular complexity index is 1130. The van der Waals surface area contributed by atoms with Crippen LogP contribution in [0, 0.1) is 0 Å². The summed E-state index contributed by atoms with van der Waals surface area (Å²) in [6.45, 7) is 0. The summed E-state index contributed by atoms with van der Waals surface area (Å²) in [6.07, 6.45) is 0. The first-order chi connectivity index (χ1) is 13.6. The van der Waals surface area contributed by atoms with E-state index in [2.05, 4.69) is 10.3 Å². The van der Waals surface area contributed by atoms with Gasteiger partial charge >= 0.3 is 0 Å². The van der Waals surface area contributed by atoms with Crippen molar-refractivity contribution in [2.45, 2.75) is 4.90 Å². The van der Waals surface area contributed by atoms with Crippen LogP contribution in [-0.2, 0) is 4.79 Å². The van der Waals surface area contributed by atoms with E-state index in [1.807, 2.05) is 36.4 Å². The lowest BCUT2D eigenvalue weighted by Gasteiger charge is -2.06. The number of oxazole rings is 1. The van der Waals surface area contributed by atoms with E-state index in [1.165, 1.54) is 11.8 Å². The molecule has 7 heteroatoms. The Kier molecular flexibility index (Phi) is 5.57. The van der Waals surface area contributed by atoms with Gasteiger partial charge in [-0.15, -0.1) is 11.8 Å². The van der Waals surface area contributed by atoms with E-state index in [0.29, 0.717) is 38.5 Å². The van der Waals surface area contributed by atoms with Crippen LogP contribution < -0.4 is 5.32 Å². The Morgan fingerprint density at radius 2 is 1.68 bits per heavy atom. The van der Waals surface area contributed by atoms with Gasteiger partial charge in [-0.25, -0.2) is 4.98 Å². The van der Waals surface area contributed by atoms with Crippen LogP contribution >= 0.6 is 35.0 Å². The van der Waals surface area contributed by atoms with Gasteiger partial charge in [-0.1, -0.05) is 23.2 Å². The standard InChI is InChI=1S/C21H14Cl2N2O2S/c22-14-3-8-17(9-4-14)28-12-20(26)24-16-6-1-13(2-7-16)21-25-18-11-15(23)5-10-19(18)27-21/h1-11H,12H2,(H,24,26). The number of benzene rings is 3. The lowest BCUT2D eigenvalue weighted by atomic mass is 10.2. The van der Waals surface area contributed by atoms with Crippen molar-refractivity contribution in [2.75, 3.05) is 11.1 Å². The summed E-state index contributed by atoms with van der Waals surface area (Å²) in [5, 5.41) is 4.17. The summed E-state index contributed by atoms with van der Waals surface area (Å²) in [7, 11) is 0. The van der Waals surface area contributed by atoms with E-state index in [0.717, 1.165) is 10.5 Å². The molecule has 28 heavy (non-hydrogen) atoms. The summed E-state index contributed by atoms with van der Waals surface area (Å²) in [5.41, 5.74) is 2.92. The summed E-state index contributed by atoms with van der Waals surface area (Å²) < 4.78 is 5.76. The number of nitrogens with zero attached hydrogens (tertiary/aromatic N) is 1. The minimum atomic E-state index is -0.0794. The smallest absolute Gasteiger partial charge is 0.234 e. The lowest BCUT2D eigenvalue weighted by molar-refractivity contribution is -0.113. The summed E-state index contributed by atoms with van der Waals surface area (Å²) in [5.74, 6) is 0.743. The molecule has 0 bridgehead atoms. The molecule has 1 aromatic heterocycles. The molecule has 1 N–H and O–H groups in total. The maximum atomic E-state index is 12.2. The average molecular weight is 429 g/mol. The summed E-state index contributed by atoms with van der Waals surface area (Å²) in [4.78, 5) is 17.6. The molecule has 3 aromatic carbocycles. The van der Waals surface area contributed by atoms with Crippen molar-refractivity contribution in [2.24, 2.45) is 0 Å². The van der Waals surface area contributed by atoms with Crippen LogP contribution in [0.4, 0.5) is 5.69 Å². The van der Waals surface area contributed by atoms with Gasteiger partial charge in [0.1, 0.15) is 5.52 Å². The molecule has 0 radical (unpaired) electrons. The van der Waals surface area contributed by atoms with Crippen molar-refractivity contribution < 1.29 is 9.21 Å². The molecule has 140 valence electrons. The highest BCUT2D eigenvalue weighted by molar-refractivity contribution is 8.00. The predicted molar refractivity (Wildman–Crippen MR) is 115 cm³/mol. The lowest BCUT2D eigenvalue weighted by Crippen LogP contribution is -2.13. The number of hydrogen-bond acceptors (Lipinski definition) is 4. The second-order valence-electron chi connectivity index (χ2n) is 6.00. The Morgan fingerprint density at radius 3 is 2.43 bits per heavy atom. The molecule has 0 aliphatic heterocycles. The Balaban J connectivity index is 1.39. The Hall–Kier alpha value is -2.47. The number of anilines is 1. The minimum absolute atomic E-state index is 0.0794. The van der Waals surface area contributed by atoms with E-state index >= 15 is 0 Å². The molecule has 0 saturated carbocycles. The highest BCUT2D eigenvalue weighted by atomic mass is 35.5. The number of fused-ring (bicyclic) bond motifs is 1. The number of carbonyl (C=O) groups is 1. The van der Waals surface area contributed by atoms with Crippen molar-refractivity contribution in [1.29, 1.82) is 0 Å². The molecule has 0 fully saturated rings. The molecule has 0 spiro atoms. The van der Waals surface area contributed by atoms with Crippen molar-refractivity contribution >= 4 is 57.7 Å². The second kappa shape index (κ2) is 8.27. The first-order valence-electron chi connectivity index (χ1n) is 8.41. The maximum Gasteiger partial charge on any atom is 0.234 e. The molecule has 1 amide bonds. The zero-order valence-corrected chi connectivity index (χ0v) is 16.8. The molecule has 0 atom stereocenters. The van der Waals surface area contributed by atoms with Crippen molar-refractivity contribution in [3.05, 3.63) is 76.8 Å². The Morgan fingerprint density at radius 1 is 0.964 bits per heavy atom. The molecule has 4 rings (SSSR count). The van der Waals surface area contributed by atoms with E-state index in [4.69, 9.17) is 27.6 Å². The van der Waals surface area contributed by atoms with Crippen LogP contribution in [0.25, 0.3) is 22.6 Å². The molecule has 4 nitrogen and oxygen atoms in total. The molecule has 1 heterocycles. The predicted octanol–water partition coefficient (Wildman–Crippen LogP) is 6.53. The molecular formula is C21H14Cl2N2O2S. The normalized spacial score (nSPS) is 10.9. The number of thioether (sulfide) groups is 1. The van der Waals surface area contributed by atoms with E-state index in [9.17, 15) is 4.79 Å². The summed E-state index contributed by atoms with van der Waals surface area (Å²) in [6, 6.07) is 20.1. The van der Waals surface area contributed by atoms with Crippen LogP contribution in [-0.4, -0.2) is 16.6 Å².